The minimum atomic E-state index is -4.45. The number of rotatable bonds is 11. The number of methoxy groups -OCH3 is 1. The summed E-state index contributed by atoms with van der Waals surface area (Å²) in [4.78, 5) is 27.9. The number of ether oxygens (including phenoxy) is 3. The maximum atomic E-state index is 12.9. The molecule has 9 nitrogen and oxygen atoms in total. The second kappa shape index (κ2) is 13.2. The number of carbonyl (C=O) groups excluding carboxylic acids is 2. The summed E-state index contributed by atoms with van der Waals surface area (Å²) in [6, 6.07) is 8.04. The maximum absolute atomic E-state index is 12.9. The van der Waals surface area contributed by atoms with Gasteiger partial charge in [-0.25, -0.2) is 15.2 Å². The highest BCUT2D eigenvalue weighted by molar-refractivity contribution is 9.10. The van der Waals surface area contributed by atoms with E-state index in [1.807, 2.05) is 0 Å². The number of hydrazone groups is 1. The first kappa shape index (κ1) is 28.9. The Morgan fingerprint density at radius 1 is 1.21 bits per heavy atom. The highest BCUT2D eigenvalue weighted by Gasteiger charge is 2.30. The zero-order chi connectivity index (χ0) is 27.7. The number of esters is 1. The number of halogens is 4. The highest BCUT2D eigenvalue weighted by atomic mass is 79.9. The number of hydrogen-bond acceptors (Lipinski definition) is 9. The Balaban J connectivity index is 1.58. The number of alkyl halides is 3. The van der Waals surface area contributed by atoms with Gasteiger partial charge >= 0.3 is 12.1 Å². The van der Waals surface area contributed by atoms with Gasteiger partial charge in [0.1, 0.15) is 0 Å². The molecule has 14 heteroatoms. The standard InChI is InChI=1S/C24H22BrF3N4O5S/c1-3-36-19-8-14(7-18(25)22(19)37-12-21(34)35-2)11-29-32-20(33)10-17-13-38-23(31-17)30-16-6-4-5-15(9-16)24(26,27)28/h4-9,11,13H,3,10,12H2,1-2H3,(H,30,31)(H,32,33)/b29-11-. The van der Waals surface area contributed by atoms with Crippen molar-refractivity contribution in [3.8, 4) is 11.5 Å². The fraction of sp³-hybridized carbons (Fsp3) is 0.250. The molecule has 0 bridgehead atoms. The maximum Gasteiger partial charge on any atom is 0.416 e. The van der Waals surface area contributed by atoms with Crippen molar-refractivity contribution in [1.82, 2.24) is 10.4 Å². The van der Waals surface area contributed by atoms with Crippen LogP contribution in [0.1, 0.15) is 23.7 Å². The van der Waals surface area contributed by atoms with Gasteiger partial charge in [0.05, 0.1) is 42.1 Å². The van der Waals surface area contributed by atoms with Crippen molar-refractivity contribution in [2.24, 2.45) is 5.10 Å². The molecule has 1 heterocycles. The molecule has 0 atom stereocenters. The molecule has 0 aliphatic rings. The number of carbonyl (C=O) groups is 2. The van der Waals surface area contributed by atoms with Crippen molar-refractivity contribution in [2.75, 3.05) is 25.6 Å². The smallest absolute Gasteiger partial charge is 0.416 e. The predicted molar refractivity (Wildman–Crippen MR) is 139 cm³/mol. The average molecular weight is 615 g/mol. The molecule has 1 amide bonds. The van der Waals surface area contributed by atoms with E-state index in [4.69, 9.17) is 9.47 Å². The first-order valence-corrected chi connectivity index (χ1v) is 12.6. The molecular weight excluding hydrogens is 593 g/mol. The Bertz CT molecular complexity index is 1320. The van der Waals surface area contributed by atoms with Gasteiger partial charge in [0.25, 0.3) is 0 Å². The highest BCUT2D eigenvalue weighted by Crippen LogP contribution is 2.36. The third-order valence-corrected chi connectivity index (χ3v) is 6.03. The summed E-state index contributed by atoms with van der Waals surface area (Å²) >= 11 is 4.52. The number of nitrogens with one attached hydrogen (secondary N) is 2. The zero-order valence-corrected chi connectivity index (χ0v) is 22.5. The second-order valence-corrected chi connectivity index (χ2v) is 9.16. The summed E-state index contributed by atoms with van der Waals surface area (Å²) in [5.41, 5.74) is 2.85. The number of nitrogens with zero attached hydrogens (tertiary/aromatic N) is 2. The van der Waals surface area contributed by atoms with E-state index in [0.717, 1.165) is 23.5 Å². The molecular formula is C24H22BrF3N4O5S. The summed E-state index contributed by atoms with van der Waals surface area (Å²) in [6.45, 7) is 1.83. The van der Waals surface area contributed by atoms with Gasteiger partial charge in [0.2, 0.25) is 5.91 Å². The van der Waals surface area contributed by atoms with Gasteiger partial charge in [-0.05, 0) is 58.7 Å². The molecule has 3 aromatic rings. The van der Waals surface area contributed by atoms with Gasteiger partial charge in [-0.2, -0.15) is 18.3 Å². The Morgan fingerprint density at radius 2 is 2.00 bits per heavy atom. The SMILES string of the molecule is CCOc1cc(/C=N\NC(=O)Cc2csc(Nc3cccc(C(F)(F)F)c3)n2)cc(Br)c1OCC(=O)OC. The van der Waals surface area contributed by atoms with Crippen molar-refractivity contribution < 1.29 is 37.0 Å². The lowest BCUT2D eigenvalue weighted by molar-refractivity contribution is -0.143. The number of benzene rings is 2. The quantitative estimate of drug-likeness (QED) is 0.171. The van der Waals surface area contributed by atoms with Crippen molar-refractivity contribution in [3.63, 3.8) is 0 Å². The minimum Gasteiger partial charge on any atom is -0.490 e. The van der Waals surface area contributed by atoms with Crippen LogP contribution in [-0.4, -0.2) is 43.4 Å². The number of hydrogen-bond donors (Lipinski definition) is 2. The van der Waals surface area contributed by atoms with Crippen LogP contribution in [0.2, 0.25) is 0 Å². The third kappa shape index (κ3) is 8.45. The predicted octanol–water partition coefficient (Wildman–Crippen LogP) is 5.31. The normalized spacial score (nSPS) is 11.3. The van der Waals surface area contributed by atoms with Crippen molar-refractivity contribution >= 4 is 56.2 Å². The molecule has 0 aliphatic carbocycles. The van der Waals surface area contributed by atoms with E-state index in [1.54, 1.807) is 24.4 Å². The molecule has 0 fully saturated rings. The average Bonchev–Trinajstić information content (AvgIpc) is 3.29. The number of aromatic nitrogens is 1. The molecule has 1 aromatic heterocycles. The molecule has 0 spiro atoms. The molecule has 3 rings (SSSR count). The lowest BCUT2D eigenvalue weighted by Crippen LogP contribution is -2.20. The van der Waals surface area contributed by atoms with E-state index in [0.29, 0.717) is 39.0 Å². The van der Waals surface area contributed by atoms with Crippen molar-refractivity contribution in [1.29, 1.82) is 0 Å². The van der Waals surface area contributed by atoms with E-state index in [2.05, 4.69) is 41.5 Å². The van der Waals surface area contributed by atoms with Crippen LogP contribution < -0.4 is 20.2 Å². The van der Waals surface area contributed by atoms with Crippen LogP contribution in [0.25, 0.3) is 0 Å². The number of anilines is 2. The molecule has 0 saturated heterocycles. The molecule has 2 aromatic carbocycles. The lowest BCUT2D eigenvalue weighted by Gasteiger charge is -2.13. The van der Waals surface area contributed by atoms with Gasteiger partial charge < -0.3 is 19.5 Å². The van der Waals surface area contributed by atoms with Crippen LogP contribution in [0, 0.1) is 0 Å². The van der Waals surface area contributed by atoms with E-state index in [9.17, 15) is 22.8 Å². The molecule has 202 valence electrons. The lowest BCUT2D eigenvalue weighted by atomic mass is 10.2. The first-order chi connectivity index (χ1) is 18.1. The molecule has 0 radical (unpaired) electrons. The topological polar surface area (TPSA) is 111 Å². The van der Waals surface area contributed by atoms with E-state index in [-0.39, 0.29) is 18.7 Å². The molecule has 0 saturated carbocycles. The molecule has 0 aliphatic heterocycles. The van der Waals surface area contributed by atoms with Crippen molar-refractivity contribution in [3.05, 3.63) is 63.1 Å². The van der Waals surface area contributed by atoms with Gasteiger partial charge in [0.15, 0.2) is 23.2 Å². The fourth-order valence-corrected chi connectivity index (χ4v) is 4.29. The Labute approximate surface area is 228 Å². The Kier molecular flexibility index (Phi) is 10.1. The van der Waals surface area contributed by atoms with Crippen LogP contribution in [0.3, 0.4) is 0 Å². The van der Waals surface area contributed by atoms with E-state index in [1.165, 1.54) is 25.5 Å². The van der Waals surface area contributed by atoms with Crippen LogP contribution >= 0.6 is 27.3 Å². The second-order valence-electron chi connectivity index (χ2n) is 7.45. The number of amides is 1. The van der Waals surface area contributed by atoms with E-state index < -0.39 is 23.6 Å². The summed E-state index contributed by atoms with van der Waals surface area (Å²) in [6.07, 6.45) is -3.14. The van der Waals surface area contributed by atoms with Crippen LogP contribution in [-0.2, 0) is 26.9 Å². The monoisotopic (exact) mass is 614 g/mol. The van der Waals surface area contributed by atoms with Gasteiger partial charge in [-0.1, -0.05) is 6.07 Å². The summed E-state index contributed by atoms with van der Waals surface area (Å²) < 4.78 is 54.8. The Morgan fingerprint density at radius 3 is 2.71 bits per heavy atom. The number of thiazole rings is 1. The summed E-state index contributed by atoms with van der Waals surface area (Å²) in [5, 5.41) is 8.72. The van der Waals surface area contributed by atoms with Gasteiger partial charge in [0, 0.05) is 11.1 Å². The molecule has 0 unspecified atom stereocenters. The largest absolute Gasteiger partial charge is 0.490 e. The molecule has 2 N–H and O–H groups in total. The van der Waals surface area contributed by atoms with Crippen molar-refractivity contribution in [2.45, 2.75) is 19.5 Å². The van der Waals surface area contributed by atoms with Gasteiger partial charge in [-0.15, -0.1) is 11.3 Å². The third-order valence-electron chi connectivity index (χ3n) is 4.63. The fourth-order valence-electron chi connectivity index (χ4n) is 2.98. The van der Waals surface area contributed by atoms with Crippen LogP contribution in [0.5, 0.6) is 11.5 Å². The zero-order valence-electron chi connectivity index (χ0n) is 20.1. The molecule has 38 heavy (non-hydrogen) atoms. The van der Waals surface area contributed by atoms with Gasteiger partial charge in [-0.3, -0.25) is 4.79 Å². The van der Waals surface area contributed by atoms with Crippen LogP contribution in [0.4, 0.5) is 24.0 Å². The Hall–Kier alpha value is -3.65. The first-order valence-electron chi connectivity index (χ1n) is 11.0. The minimum absolute atomic E-state index is 0.0910. The summed E-state index contributed by atoms with van der Waals surface area (Å²) in [5.74, 6) is -0.316. The van der Waals surface area contributed by atoms with Crippen LogP contribution in [0.15, 0.2) is 51.4 Å². The summed E-state index contributed by atoms with van der Waals surface area (Å²) in [7, 11) is 1.25. The van der Waals surface area contributed by atoms with E-state index >= 15 is 0 Å².